The lowest BCUT2D eigenvalue weighted by molar-refractivity contribution is -0.119. The van der Waals surface area contributed by atoms with E-state index in [0.717, 1.165) is 21.7 Å². The molecule has 32 heavy (non-hydrogen) atoms. The molecule has 0 aliphatic heterocycles. The van der Waals surface area contributed by atoms with Crippen LogP contribution in [-0.4, -0.2) is 30.4 Å². The summed E-state index contributed by atoms with van der Waals surface area (Å²) in [6.07, 6.45) is 1.56. The topological polar surface area (TPSA) is 79.8 Å². The van der Waals surface area contributed by atoms with E-state index in [0.29, 0.717) is 5.75 Å². The second-order valence-electron chi connectivity index (χ2n) is 7.17. The van der Waals surface area contributed by atoms with Gasteiger partial charge in [-0.05, 0) is 67.9 Å². The van der Waals surface area contributed by atoms with Gasteiger partial charge < -0.3 is 10.1 Å². The van der Waals surface area contributed by atoms with Crippen LogP contribution in [0.1, 0.15) is 16.7 Å². The van der Waals surface area contributed by atoms with E-state index in [2.05, 4.69) is 15.8 Å². The number of anilines is 1. The summed E-state index contributed by atoms with van der Waals surface area (Å²) in [7, 11) is 0. The van der Waals surface area contributed by atoms with Gasteiger partial charge in [0.05, 0.1) is 12.0 Å². The van der Waals surface area contributed by atoms with Crippen molar-refractivity contribution in [3.8, 4) is 5.75 Å². The third-order valence-corrected chi connectivity index (χ3v) is 5.39. The molecule has 164 valence electrons. The first kappa shape index (κ1) is 23.1. The second kappa shape index (κ2) is 11.7. The number of amides is 2. The van der Waals surface area contributed by atoms with Crippen molar-refractivity contribution in [1.82, 2.24) is 5.43 Å². The Balaban J connectivity index is 1.38. The Bertz CT molecular complexity index is 1060. The predicted octanol–water partition coefficient (Wildman–Crippen LogP) is 4.56. The van der Waals surface area contributed by atoms with Crippen molar-refractivity contribution in [3.05, 3.63) is 89.5 Å². The average molecular weight is 448 g/mol. The van der Waals surface area contributed by atoms with Crippen LogP contribution < -0.4 is 15.5 Å². The van der Waals surface area contributed by atoms with Crippen molar-refractivity contribution in [2.45, 2.75) is 18.7 Å². The standard InChI is InChI=1S/C25H25N3O3S/c1-18-3-9-21(10-4-18)27-24(29)16-31-22-11-7-20(8-12-22)15-26-28-25(30)17-32-23-13-5-19(2)6-14-23/h3-15H,16-17H2,1-2H3,(H,27,29)(H,28,30)/b26-15-. The number of nitrogens with one attached hydrogen (secondary N) is 2. The highest BCUT2D eigenvalue weighted by molar-refractivity contribution is 8.00. The molecule has 0 fully saturated rings. The molecule has 0 spiro atoms. The molecule has 7 heteroatoms. The minimum absolute atomic E-state index is 0.0873. The van der Waals surface area contributed by atoms with Gasteiger partial charge in [-0.1, -0.05) is 35.4 Å². The summed E-state index contributed by atoms with van der Waals surface area (Å²) in [5.41, 5.74) is 6.36. The van der Waals surface area contributed by atoms with Crippen LogP contribution in [0.15, 0.2) is 82.8 Å². The van der Waals surface area contributed by atoms with Crippen LogP contribution in [0.2, 0.25) is 0 Å². The number of carbonyl (C=O) groups excluding carboxylic acids is 2. The Kier molecular flexibility index (Phi) is 8.45. The zero-order valence-electron chi connectivity index (χ0n) is 18.0. The molecule has 2 N–H and O–H groups in total. The molecule has 0 saturated heterocycles. The molecule has 0 atom stereocenters. The molecule has 0 bridgehead atoms. The van der Waals surface area contributed by atoms with Crippen molar-refractivity contribution in [2.24, 2.45) is 5.10 Å². The first-order valence-electron chi connectivity index (χ1n) is 10.1. The van der Waals surface area contributed by atoms with Crippen LogP contribution in [0.5, 0.6) is 5.75 Å². The van der Waals surface area contributed by atoms with E-state index in [-0.39, 0.29) is 24.2 Å². The summed E-state index contributed by atoms with van der Waals surface area (Å²) in [5, 5.41) is 6.77. The van der Waals surface area contributed by atoms with Crippen LogP contribution in [-0.2, 0) is 9.59 Å². The number of carbonyl (C=O) groups is 2. The fourth-order valence-electron chi connectivity index (χ4n) is 2.63. The van der Waals surface area contributed by atoms with Crippen LogP contribution in [0.4, 0.5) is 5.69 Å². The van der Waals surface area contributed by atoms with E-state index in [4.69, 9.17) is 4.74 Å². The van der Waals surface area contributed by atoms with Gasteiger partial charge in [0, 0.05) is 10.6 Å². The molecule has 3 aromatic carbocycles. The van der Waals surface area contributed by atoms with Crippen molar-refractivity contribution >= 4 is 35.5 Å². The van der Waals surface area contributed by atoms with Crippen LogP contribution in [0.25, 0.3) is 0 Å². The number of benzene rings is 3. The van der Waals surface area contributed by atoms with Crippen molar-refractivity contribution in [1.29, 1.82) is 0 Å². The lowest BCUT2D eigenvalue weighted by Gasteiger charge is -2.08. The van der Waals surface area contributed by atoms with Gasteiger partial charge in [-0.2, -0.15) is 5.10 Å². The quantitative estimate of drug-likeness (QED) is 0.286. The summed E-state index contributed by atoms with van der Waals surface area (Å²) in [5.74, 6) is 0.453. The second-order valence-corrected chi connectivity index (χ2v) is 8.22. The molecule has 0 saturated carbocycles. The highest BCUT2D eigenvalue weighted by Gasteiger charge is 2.04. The first-order valence-corrected chi connectivity index (χ1v) is 11.1. The summed E-state index contributed by atoms with van der Waals surface area (Å²) in [4.78, 5) is 25.0. The lowest BCUT2D eigenvalue weighted by Crippen LogP contribution is -2.20. The van der Waals surface area contributed by atoms with Gasteiger partial charge in [0.15, 0.2) is 6.61 Å². The van der Waals surface area contributed by atoms with Gasteiger partial charge in [-0.25, -0.2) is 5.43 Å². The summed E-state index contributed by atoms with van der Waals surface area (Å²) in [6.45, 7) is 3.93. The molecule has 0 unspecified atom stereocenters. The zero-order valence-corrected chi connectivity index (χ0v) is 18.8. The van der Waals surface area contributed by atoms with E-state index < -0.39 is 0 Å². The molecule has 2 amide bonds. The Morgan fingerprint density at radius 3 is 2.16 bits per heavy atom. The Morgan fingerprint density at radius 1 is 0.875 bits per heavy atom. The smallest absolute Gasteiger partial charge is 0.262 e. The fourth-order valence-corrected chi connectivity index (χ4v) is 3.32. The van der Waals surface area contributed by atoms with Crippen molar-refractivity contribution in [2.75, 3.05) is 17.7 Å². The normalized spacial score (nSPS) is 10.7. The number of hydrogen-bond donors (Lipinski definition) is 2. The molecule has 0 aliphatic rings. The third-order valence-electron chi connectivity index (χ3n) is 4.38. The average Bonchev–Trinajstić information content (AvgIpc) is 2.80. The maximum absolute atomic E-state index is 12.0. The summed E-state index contributed by atoms with van der Waals surface area (Å²) < 4.78 is 5.51. The van der Waals surface area contributed by atoms with Gasteiger partial charge in [0.2, 0.25) is 5.91 Å². The minimum Gasteiger partial charge on any atom is -0.484 e. The number of ether oxygens (including phenoxy) is 1. The molecule has 0 aromatic heterocycles. The van der Waals surface area contributed by atoms with Gasteiger partial charge >= 0.3 is 0 Å². The number of thioether (sulfide) groups is 1. The van der Waals surface area contributed by atoms with Gasteiger partial charge in [0.25, 0.3) is 5.91 Å². The van der Waals surface area contributed by atoms with Gasteiger partial charge in [-0.3, -0.25) is 9.59 Å². The van der Waals surface area contributed by atoms with Crippen LogP contribution in [0.3, 0.4) is 0 Å². The Morgan fingerprint density at radius 2 is 1.50 bits per heavy atom. The molecule has 0 aliphatic carbocycles. The van der Waals surface area contributed by atoms with E-state index >= 15 is 0 Å². The van der Waals surface area contributed by atoms with Crippen molar-refractivity contribution < 1.29 is 14.3 Å². The number of nitrogens with zero attached hydrogens (tertiary/aromatic N) is 1. The fraction of sp³-hybridized carbons (Fsp3) is 0.160. The van der Waals surface area contributed by atoms with Gasteiger partial charge in [-0.15, -0.1) is 11.8 Å². The molecule has 6 nitrogen and oxygen atoms in total. The summed E-state index contributed by atoms with van der Waals surface area (Å²) >= 11 is 1.46. The largest absolute Gasteiger partial charge is 0.484 e. The monoisotopic (exact) mass is 447 g/mol. The van der Waals surface area contributed by atoms with Crippen LogP contribution in [0, 0.1) is 13.8 Å². The number of hydrogen-bond acceptors (Lipinski definition) is 5. The SMILES string of the molecule is Cc1ccc(NC(=O)COc2ccc(/C=N\NC(=O)CSc3ccc(C)cc3)cc2)cc1. The Labute approximate surface area is 192 Å². The maximum atomic E-state index is 12.0. The van der Waals surface area contributed by atoms with Gasteiger partial charge in [0.1, 0.15) is 5.75 Å². The minimum atomic E-state index is -0.231. The molecule has 3 aromatic rings. The maximum Gasteiger partial charge on any atom is 0.262 e. The number of hydrazone groups is 1. The highest BCUT2D eigenvalue weighted by Crippen LogP contribution is 2.17. The van der Waals surface area contributed by atoms with Crippen LogP contribution >= 0.6 is 11.8 Å². The molecular weight excluding hydrogens is 422 g/mol. The number of rotatable bonds is 9. The van der Waals surface area contributed by atoms with E-state index in [1.165, 1.54) is 17.3 Å². The lowest BCUT2D eigenvalue weighted by atomic mass is 10.2. The van der Waals surface area contributed by atoms with Crippen molar-refractivity contribution in [3.63, 3.8) is 0 Å². The predicted molar refractivity (Wildman–Crippen MR) is 129 cm³/mol. The number of aryl methyl sites for hydroxylation is 2. The molecule has 0 heterocycles. The molecule has 0 radical (unpaired) electrons. The third kappa shape index (κ3) is 7.92. The first-order chi connectivity index (χ1) is 15.5. The molecule has 3 rings (SSSR count). The summed E-state index contributed by atoms with van der Waals surface area (Å²) in [6, 6.07) is 22.7. The van der Waals surface area contributed by atoms with E-state index in [1.54, 1.807) is 30.5 Å². The molecular formula is C25H25N3O3S. The highest BCUT2D eigenvalue weighted by atomic mass is 32.2. The zero-order chi connectivity index (χ0) is 22.8. The Hall–Kier alpha value is -3.58. The van der Waals surface area contributed by atoms with E-state index in [9.17, 15) is 9.59 Å². The van der Waals surface area contributed by atoms with E-state index in [1.807, 2.05) is 62.4 Å².